The van der Waals surface area contributed by atoms with Crippen molar-refractivity contribution >= 4 is 34.7 Å². The van der Waals surface area contributed by atoms with Crippen molar-refractivity contribution in [3.8, 4) is 11.5 Å². The molecule has 1 amide bonds. The molecule has 0 fully saturated rings. The average molecular weight is 558 g/mol. The van der Waals surface area contributed by atoms with Gasteiger partial charge in [0.1, 0.15) is 18.1 Å². The van der Waals surface area contributed by atoms with Crippen molar-refractivity contribution in [3.05, 3.63) is 93.1 Å². The van der Waals surface area contributed by atoms with Crippen LogP contribution in [0.15, 0.2) is 77.9 Å². The van der Waals surface area contributed by atoms with Crippen LogP contribution >= 0.6 is 22.6 Å². The SMILES string of the molecule is CCOc1ccc([C@H](O)CCC(=O)N/N=C\c2ccc(OCc3ccc(I)cc3)cc2)cc1. The molecule has 7 heteroatoms. The van der Waals surface area contributed by atoms with Gasteiger partial charge in [0.2, 0.25) is 5.91 Å². The van der Waals surface area contributed by atoms with Crippen LogP contribution in [0.4, 0.5) is 0 Å². The number of aliphatic hydroxyl groups is 1. The van der Waals surface area contributed by atoms with E-state index in [1.165, 1.54) is 3.57 Å². The number of rotatable bonds is 11. The molecule has 0 saturated heterocycles. The Morgan fingerprint density at radius 1 is 1.00 bits per heavy atom. The highest BCUT2D eigenvalue weighted by Crippen LogP contribution is 2.21. The number of halogens is 1. The number of nitrogens with one attached hydrogen (secondary N) is 1. The van der Waals surface area contributed by atoms with Crippen LogP contribution in [0.2, 0.25) is 0 Å². The minimum Gasteiger partial charge on any atom is -0.494 e. The van der Waals surface area contributed by atoms with Crippen molar-refractivity contribution in [1.29, 1.82) is 0 Å². The van der Waals surface area contributed by atoms with E-state index >= 15 is 0 Å². The number of aliphatic hydroxyl groups excluding tert-OH is 1. The lowest BCUT2D eigenvalue weighted by Crippen LogP contribution is -2.18. The van der Waals surface area contributed by atoms with Crippen LogP contribution in [0.25, 0.3) is 0 Å². The van der Waals surface area contributed by atoms with Gasteiger partial charge in [0.15, 0.2) is 0 Å². The number of carbonyl (C=O) groups is 1. The van der Waals surface area contributed by atoms with Gasteiger partial charge < -0.3 is 14.6 Å². The molecule has 6 nitrogen and oxygen atoms in total. The third-order valence-electron chi connectivity index (χ3n) is 4.82. The van der Waals surface area contributed by atoms with Crippen molar-refractivity contribution in [1.82, 2.24) is 5.43 Å². The molecule has 0 saturated carbocycles. The number of hydrazone groups is 1. The van der Waals surface area contributed by atoms with Gasteiger partial charge in [-0.1, -0.05) is 24.3 Å². The van der Waals surface area contributed by atoms with Crippen molar-refractivity contribution in [2.75, 3.05) is 6.61 Å². The number of hydrogen-bond acceptors (Lipinski definition) is 5. The summed E-state index contributed by atoms with van der Waals surface area (Å²) in [5.74, 6) is 1.26. The van der Waals surface area contributed by atoms with Gasteiger partial charge in [-0.25, -0.2) is 5.43 Å². The van der Waals surface area contributed by atoms with E-state index in [2.05, 4.69) is 33.1 Å². The monoisotopic (exact) mass is 558 g/mol. The average Bonchev–Trinajstić information content (AvgIpc) is 2.84. The van der Waals surface area contributed by atoms with E-state index < -0.39 is 6.10 Å². The fraction of sp³-hybridized carbons (Fsp3) is 0.231. The highest BCUT2D eigenvalue weighted by molar-refractivity contribution is 14.1. The molecule has 0 bridgehead atoms. The summed E-state index contributed by atoms with van der Waals surface area (Å²) in [7, 11) is 0. The molecule has 0 aliphatic rings. The van der Waals surface area contributed by atoms with Crippen LogP contribution in [0.1, 0.15) is 42.6 Å². The van der Waals surface area contributed by atoms with Gasteiger partial charge in [-0.05, 0) is 101 Å². The molecule has 0 aliphatic heterocycles. The van der Waals surface area contributed by atoms with Crippen molar-refractivity contribution in [2.45, 2.75) is 32.5 Å². The zero-order valence-corrected chi connectivity index (χ0v) is 20.6. The highest BCUT2D eigenvalue weighted by Gasteiger charge is 2.10. The molecule has 0 radical (unpaired) electrons. The predicted molar refractivity (Wildman–Crippen MR) is 137 cm³/mol. The summed E-state index contributed by atoms with van der Waals surface area (Å²) in [6.07, 6.45) is 1.32. The molecule has 0 unspecified atom stereocenters. The van der Waals surface area contributed by atoms with Crippen molar-refractivity contribution in [2.24, 2.45) is 5.10 Å². The fourth-order valence-electron chi connectivity index (χ4n) is 3.02. The van der Waals surface area contributed by atoms with Crippen LogP contribution in [0.5, 0.6) is 11.5 Å². The Balaban J connectivity index is 1.39. The second-order valence-electron chi connectivity index (χ2n) is 7.33. The molecule has 3 aromatic carbocycles. The Bertz CT molecular complexity index is 1040. The van der Waals surface area contributed by atoms with Gasteiger partial charge in [-0.15, -0.1) is 0 Å². The topological polar surface area (TPSA) is 80.2 Å². The van der Waals surface area contributed by atoms with Gasteiger partial charge in [-0.3, -0.25) is 4.79 Å². The van der Waals surface area contributed by atoms with Gasteiger partial charge in [-0.2, -0.15) is 5.10 Å². The lowest BCUT2D eigenvalue weighted by Gasteiger charge is -2.11. The number of ether oxygens (including phenoxy) is 2. The lowest BCUT2D eigenvalue weighted by atomic mass is 10.0. The third-order valence-corrected chi connectivity index (χ3v) is 5.54. The Hall–Kier alpha value is -2.91. The first-order valence-corrected chi connectivity index (χ1v) is 11.8. The largest absolute Gasteiger partial charge is 0.494 e. The smallest absolute Gasteiger partial charge is 0.240 e. The summed E-state index contributed by atoms with van der Waals surface area (Å²) >= 11 is 2.27. The molecule has 2 N–H and O–H groups in total. The minimum absolute atomic E-state index is 0.164. The first-order chi connectivity index (χ1) is 16.0. The van der Waals surface area contributed by atoms with Crippen LogP contribution in [0, 0.1) is 3.57 Å². The molecule has 3 aromatic rings. The van der Waals surface area contributed by atoms with Crippen molar-refractivity contribution in [3.63, 3.8) is 0 Å². The Labute approximate surface area is 207 Å². The van der Waals surface area contributed by atoms with E-state index in [1.807, 2.05) is 67.6 Å². The van der Waals surface area contributed by atoms with Gasteiger partial charge >= 0.3 is 0 Å². The van der Waals surface area contributed by atoms with E-state index in [0.717, 1.165) is 28.2 Å². The zero-order valence-electron chi connectivity index (χ0n) is 18.4. The van der Waals surface area contributed by atoms with E-state index in [4.69, 9.17) is 9.47 Å². The normalized spacial score (nSPS) is 11.8. The first-order valence-electron chi connectivity index (χ1n) is 10.7. The van der Waals surface area contributed by atoms with E-state index in [-0.39, 0.29) is 12.3 Å². The fourth-order valence-corrected chi connectivity index (χ4v) is 3.38. The second kappa shape index (κ2) is 13.0. The minimum atomic E-state index is -0.720. The Morgan fingerprint density at radius 3 is 2.30 bits per heavy atom. The number of benzene rings is 3. The van der Waals surface area contributed by atoms with Gasteiger partial charge in [0.05, 0.1) is 18.9 Å². The molecule has 172 valence electrons. The van der Waals surface area contributed by atoms with Crippen molar-refractivity contribution < 1.29 is 19.4 Å². The highest BCUT2D eigenvalue weighted by atomic mass is 127. The van der Waals surface area contributed by atoms with Gasteiger partial charge in [0.25, 0.3) is 0 Å². The summed E-state index contributed by atoms with van der Waals surface area (Å²) in [6, 6.07) is 22.9. The Morgan fingerprint density at radius 2 is 1.64 bits per heavy atom. The second-order valence-corrected chi connectivity index (χ2v) is 8.58. The summed E-state index contributed by atoms with van der Waals surface area (Å²) < 4.78 is 12.4. The standard InChI is InChI=1S/C26H27IN2O4/c1-2-32-23-13-7-21(8-14-23)25(30)15-16-26(31)29-28-17-19-5-11-24(12-6-19)33-18-20-3-9-22(27)10-4-20/h3-14,17,25,30H,2,15-16,18H2,1H3,(H,29,31)/b28-17-/t25-/m1/s1. The van der Waals surface area contributed by atoms with E-state index in [0.29, 0.717) is 19.6 Å². The summed E-state index contributed by atoms with van der Waals surface area (Å²) in [6.45, 7) is 3.01. The molecule has 0 spiro atoms. The summed E-state index contributed by atoms with van der Waals surface area (Å²) in [5.41, 5.74) is 5.19. The van der Waals surface area contributed by atoms with Crippen LogP contribution < -0.4 is 14.9 Å². The van der Waals surface area contributed by atoms with Crippen LogP contribution in [0.3, 0.4) is 0 Å². The zero-order chi connectivity index (χ0) is 23.5. The maximum atomic E-state index is 12.0. The maximum Gasteiger partial charge on any atom is 0.240 e. The molecule has 3 rings (SSSR count). The lowest BCUT2D eigenvalue weighted by molar-refractivity contribution is -0.121. The number of hydrogen-bond donors (Lipinski definition) is 2. The molecule has 33 heavy (non-hydrogen) atoms. The molecular weight excluding hydrogens is 531 g/mol. The maximum absolute atomic E-state index is 12.0. The summed E-state index contributed by atoms with van der Waals surface area (Å²) in [5, 5.41) is 14.3. The van der Waals surface area contributed by atoms with E-state index in [1.54, 1.807) is 18.3 Å². The Kier molecular flexibility index (Phi) is 9.71. The summed E-state index contributed by atoms with van der Waals surface area (Å²) in [4.78, 5) is 12.0. The molecule has 0 aliphatic carbocycles. The number of nitrogens with zero attached hydrogens (tertiary/aromatic N) is 1. The number of carbonyl (C=O) groups excluding carboxylic acids is 1. The number of amides is 1. The van der Waals surface area contributed by atoms with E-state index in [9.17, 15) is 9.90 Å². The molecular formula is C26H27IN2O4. The van der Waals surface area contributed by atoms with Gasteiger partial charge in [0, 0.05) is 9.99 Å². The third kappa shape index (κ3) is 8.51. The van der Waals surface area contributed by atoms with Crippen LogP contribution in [-0.4, -0.2) is 23.8 Å². The molecule has 0 heterocycles. The van der Waals surface area contributed by atoms with Crippen LogP contribution in [-0.2, 0) is 11.4 Å². The molecule has 1 atom stereocenters. The predicted octanol–water partition coefficient (Wildman–Crippen LogP) is 5.23. The quantitative estimate of drug-likeness (QED) is 0.192. The molecule has 0 aromatic heterocycles. The first kappa shape index (κ1) is 24.7.